The SMILES string of the molecule is O=C(Cc1ccc(Cl)cc1)NCC(c1cccnc1)N1CCc2ccccc21. The molecule has 5 heteroatoms. The summed E-state index contributed by atoms with van der Waals surface area (Å²) in [5.41, 5.74) is 4.64. The largest absolute Gasteiger partial charge is 0.362 e. The molecule has 1 unspecified atom stereocenters. The molecule has 142 valence electrons. The standard InChI is InChI=1S/C23H22ClN3O/c24-20-9-7-17(8-10-20)14-23(28)26-16-22(19-5-3-12-25-15-19)27-13-11-18-4-1-2-6-21(18)27/h1-10,12,15,22H,11,13-14,16H2,(H,26,28). The number of hydrogen-bond donors (Lipinski definition) is 1. The molecule has 1 aromatic heterocycles. The molecule has 1 aliphatic rings. The number of carbonyl (C=O) groups is 1. The number of amides is 1. The van der Waals surface area contributed by atoms with Crippen LogP contribution in [0.3, 0.4) is 0 Å². The van der Waals surface area contributed by atoms with Crippen molar-refractivity contribution in [3.63, 3.8) is 0 Å². The van der Waals surface area contributed by atoms with Gasteiger partial charge >= 0.3 is 0 Å². The average Bonchev–Trinajstić information content (AvgIpc) is 3.15. The van der Waals surface area contributed by atoms with Gasteiger partial charge in [-0.1, -0.05) is 48.0 Å². The number of para-hydroxylation sites is 1. The van der Waals surface area contributed by atoms with E-state index < -0.39 is 0 Å². The molecule has 0 fully saturated rings. The number of carbonyl (C=O) groups excluding carboxylic acids is 1. The summed E-state index contributed by atoms with van der Waals surface area (Å²) < 4.78 is 0. The lowest BCUT2D eigenvalue weighted by Crippen LogP contribution is -2.38. The monoisotopic (exact) mass is 391 g/mol. The predicted octanol–water partition coefficient (Wildman–Crippen LogP) is 4.20. The first-order chi connectivity index (χ1) is 13.7. The molecule has 3 aromatic rings. The van der Waals surface area contributed by atoms with E-state index in [1.165, 1.54) is 11.3 Å². The van der Waals surface area contributed by atoms with Crippen LogP contribution in [0.15, 0.2) is 73.1 Å². The lowest BCUT2D eigenvalue weighted by molar-refractivity contribution is -0.120. The Morgan fingerprint density at radius 1 is 1.11 bits per heavy atom. The normalized spacial score (nSPS) is 13.8. The molecule has 0 aliphatic carbocycles. The highest BCUT2D eigenvalue weighted by Gasteiger charge is 2.27. The summed E-state index contributed by atoms with van der Waals surface area (Å²) in [6.45, 7) is 1.47. The van der Waals surface area contributed by atoms with Gasteiger partial charge in [0.05, 0.1) is 12.5 Å². The minimum Gasteiger partial charge on any atom is -0.362 e. The zero-order valence-corrected chi connectivity index (χ0v) is 16.3. The van der Waals surface area contributed by atoms with Crippen LogP contribution in [-0.2, 0) is 17.6 Å². The highest BCUT2D eigenvalue weighted by Crippen LogP contribution is 2.34. The molecule has 1 atom stereocenters. The van der Waals surface area contributed by atoms with Crippen LogP contribution in [0.4, 0.5) is 5.69 Å². The minimum absolute atomic E-state index is 0.00342. The fourth-order valence-corrected chi connectivity index (χ4v) is 3.86. The van der Waals surface area contributed by atoms with Crippen LogP contribution in [0.2, 0.25) is 5.02 Å². The van der Waals surface area contributed by atoms with E-state index in [1.807, 2.05) is 36.5 Å². The average molecular weight is 392 g/mol. The van der Waals surface area contributed by atoms with Crippen molar-refractivity contribution in [2.24, 2.45) is 0 Å². The smallest absolute Gasteiger partial charge is 0.224 e. The van der Waals surface area contributed by atoms with Crippen LogP contribution in [0.1, 0.15) is 22.7 Å². The molecule has 0 saturated carbocycles. The molecule has 0 spiro atoms. The molecule has 0 saturated heterocycles. The Labute approximate surface area is 170 Å². The van der Waals surface area contributed by atoms with Crippen LogP contribution in [-0.4, -0.2) is 24.0 Å². The van der Waals surface area contributed by atoms with E-state index in [1.54, 1.807) is 6.20 Å². The summed E-state index contributed by atoms with van der Waals surface area (Å²) in [6.07, 6.45) is 5.02. The van der Waals surface area contributed by atoms with Gasteiger partial charge in [0.15, 0.2) is 0 Å². The van der Waals surface area contributed by atoms with Gasteiger partial charge in [-0.3, -0.25) is 9.78 Å². The summed E-state index contributed by atoms with van der Waals surface area (Å²) in [5, 5.41) is 3.79. The van der Waals surface area contributed by atoms with Crippen LogP contribution in [0.25, 0.3) is 0 Å². The Bertz CT molecular complexity index is 944. The Morgan fingerprint density at radius 3 is 2.71 bits per heavy atom. The molecule has 2 aromatic carbocycles. The van der Waals surface area contributed by atoms with E-state index >= 15 is 0 Å². The van der Waals surface area contributed by atoms with Crippen molar-refractivity contribution in [1.29, 1.82) is 0 Å². The minimum atomic E-state index is 0.00342. The van der Waals surface area contributed by atoms with E-state index in [-0.39, 0.29) is 11.9 Å². The van der Waals surface area contributed by atoms with Gasteiger partial charge in [0.25, 0.3) is 0 Å². The number of halogens is 1. The number of pyridine rings is 1. The number of benzene rings is 2. The Kier molecular flexibility index (Phi) is 5.58. The summed E-state index contributed by atoms with van der Waals surface area (Å²) in [6, 6.07) is 19.9. The van der Waals surface area contributed by atoms with E-state index in [0.29, 0.717) is 18.0 Å². The van der Waals surface area contributed by atoms with Crippen molar-refractivity contribution in [2.45, 2.75) is 18.9 Å². The molecule has 0 bridgehead atoms. The molecular formula is C23H22ClN3O. The van der Waals surface area contributed by atoms with E-state index in [9.17, 15) is 4.79 Å². The van der Waals surface area contributed by atoms with Gasteiger partial charge in [0.1, 0.15) is 0 Å². The lowest BCUT2D eigenvalue weighted by atomic mass is 10.1. The topological polar surface area (TPSA) is 45.2 Å². The van der Waals surface area contributed by atoms with Gasteiger partial charge in [-0.15, -0.1) is 0 Å². The number of nitrogens with one attached hydrogen (secondary N) is 1. The number of anilines is 1. The second kappa shape index (κ2) is 8.44. The predicted molar refractivity (Wildman–Crippen MR) is 113 cm³/mol. The third kappa shape index (κ3) is 4.18. The fraction of sp³-hybridized carbons (Fsp3) is 0.217. The Morgan fingerprint density at radius 2 is 1.93 bits per heavy atom. The van der Waals surface area contributed by atoms with Crippen LogP contribution in [0.5, 0.6) is 0 Å². The first kappa shape index (κ1) is 18.5. The third-order valence-electron chi connectivity index (χ3n) is 5.14. The molecule has 4 nitrogen and oxygen atoms in total. The summed E-state index contributed by atoms with van der Waals surface area (Å²) in [4.78, 5) is 19.2. The molecule has 0 radical (unpaired) electrons. The van der Waals surface area contributed by atoms with E-state index in [2.05, 4.69) is 45.5 Å². The first-order valence-corrected chi connectivity index (χ1v) is 9.84. The molecule has 1 amide bonds. The van der Waals surface area contributed by atoms with Crippen molar-refractivity contribution in [3.05, 3.63) is 94.8 Å². The van der Waals surface area contributed by atoms with E-state index in [0.717, 1.165) is 24.1 Å². The number of rotatable bonds is 6. The number of fused-ring (bicyclic) bond motifs is 1. The molecule has 28 heavy (non-hydrogen) atoms. The van der Waals surface area contributed by atoms with Crippen LogP contribution >= 0.6 is 11.6 Å². The number of nitrogens with zero attached hydrogens (tertiary/aromatic N) is 2. The zero-order valence-electron chi connectivity index (χ0n) is 15.5. The van der Waals surface area contributed by atoms with Crippen LogP contribution in [0, 0.1) is 0 Å². The van der Waals surface area contributed by atoms with Gasteiger partial charge in [-0.05, 0) is 47.4 Å². The van der Waals surface area contributed by atoms with Gasteiger partial charge < -0.3 is 10.2 Å². The quantitative estimate of drug-likeness (QED) is 0.685. The van der Waals surface area contributed by atoms with Crippen molar-refractivity contribution in [1.82, 2.24) is 10.3 Å². The van der Waals surface area contributed by atoms with E-state index in [4.69, 9.17) is 11.6 Å². The molecule has 1 N–H and O–H groups in total. The van der Waals surface area contributed by atoms with Gasteiger partial charge in [0.2, 0.25) is 5.91 Å². The molecule has 4 rings (SSSR count). The molecular weight excluding hydrogens is 370 g/mol. The van der Waals surface area contributed by atoms with Crippen molar-refractivity contribution in [2.75, 3.05) is 18.0 Å². The van der Waals surface area contributed by atoms with Crippen molar-refractivity contribution < 1.29 is 4.79 Å². The number of aromatic nitrogens is 1. The number of hydrogen-bond acceptors (Lipinski definition) is 3. The summed E-state index contributed by atoms with van der Waals surface area (Å²) in [5.74, 6) is 0.00342. The molecule has 1 aliphatic heterocycles. The van der Waals surface area contributed by atoms with Crippen molar-refractivity contribution in [3.8, 4) is 0 Å². The fourth-order valence-electron chi connectivity index (χ4n) is 3.73. The maximum absolute atomic E-state index is 12.5. The maximum Gasteiger partial charge on any atom is 0.224 e. The summed E-state index contributed by atoms with van der Waals surface area (Å²) >= 11 is 5.92. The Hall–Kier alpha value is -2.85. The maximum atomic E-state index is 12.5. The van der Waals surface area contributed by atoms with Gasteiger partial charge in [-0.2, -0.15) is 0 Å². The highest BCUT2D eigenvalue weighted by atomic mass is 35.5. The zero-order chi connectivity index (χ0) is 19.3. The second-order valence-electron chi connectivity index (χ2n) is 6.98. The first-order valence-electron chi connectivity index (χ1n) is 9.46. The molecule has 2 heterocycles. The van der Waals surface area contributed by atoms with Gasteiger partial charge in [0, 0.05) is 36.2 Å². The highest BCUT2D eigenvalue weighted by molar-refractivity contribution is 6.30. The van der Waals surface area contributed by atoms with Gasteiger partial charge in [-0.25, -0.2) is 0 Å². The Balaban J connectivity index is 1.49. The van der Waals surface area contributed by atoms with Crippen LogP contribution < -0.4 is 10.2 Å². The lowest BCUT2D eigenvalue weighted by Gasteiger charge is -2.31. The third-order valence-corrected chi connectivity index (χ3v) is 5.39. The summed E-state index contributed by atoms with van der Waals surface area (Å²) in [7, 11) is 0. The second-order valence-corrected chi connectivity index (χ2v) is 7.42. The van der Waals surface area contributed by atoms with Crippen molar-refractivity contribution >= 4 is 23.2 Å².